The number of hydrogen-bond donors (Lipinski definition) is 2. The van der Waals surface area contributed by atoms with Crippen molar-refractivity contribution in [2.75, 3.05) is 6.54 Å². The maximum Gasteiger partial charge on any atom is 0.345 e. The molecule has 2 rings (SSSR count). The van der Waals surface area contributed by atoms with E-state index in [1.54, 1.807) is 13.1 Å². The van der Waals surface area contributed by atoms with Gasteiger partial charge < -0.3 is 5.11 Å². The quantitative estimate of drug-likeness (QED) is 0.793. The van der Waals surface area contributed by atoms with Crippen LogP contribution in [0.15, 0.2) is 23.4 Å². The molecule has 2 N–H and O–H groups in total. The molecule has 0 aromatic carbocycles. The summed E-state index contributed by atoms with van der Waals surface area (Å²) in [5, 5.41) is 16.2. The molecule has 20 heavy (non-hydrogen) atoms. The van der Waals surface area contributed by atoms with Gasteiger partial charge in [-0.25, -0.2) is 17.9 Å². The molecule has 0 aliphatic heterocycles. The Morgan fingerprint density at radius 1 is 1.55 bits per heavy atom. The number of carboxylic acids is 1. The fourth-order valence-corrected chi connectivity index (χ4v) is 4.01. The molecule has 0 radical (unpaired) electrons. The number of carboxylic acid groups (broad SMARTS) is 1. The van der Waals surface area contributed by atoms with Gasteiger partial charge in [0.25, 0.3) is 0 Å². The second-order valence-electron chi connectivity index (χ2n) is 3.90. The lowest BCUT2D eigenvalue weighted by molar-refractivity contribution is 0.0702. The van der Waals surface area contributed by atoms with Gasteiger partial charge in [0.15, 0.2) is 0 Å². The van der Waals surface area contributed by atoms with Crippen molar-refractivity contribution in [1.82, 2.24) is 19.7 Å². The van der Waals surface area contributed by atoms with E-state index in [2.05, 4.69) is 15.0 Å². The van der Waals surface area contributed by atoms with E-state index in [1.165, 1.54) is 16.9 Å². The Bertz CT molecular complexity index is 706. The number of thiophene rings is 1. The molecule has 0 bridgehead atoms. The first-order valence-corrected chi connectivity index (χ1v) is 7.87. The topological polar surface area (TPSA) is 114 Å². The smallest absolute Gasteiger partial charge is 0.345 e. The predicted octanol–water partition coefficient (Wildman–Crippen LogP) is 0.325. The van der Waals surface area contributed by atoms with E-state index in [4.69, 9.17) is 5.11 Å². The maximum atomic E-state index is 12.1. The third kappa shape index (κ3) is 3.21. The average molecular weight is 316 g/mol. The number of sulfonamides is 1. The summed E-state index contributed by atoms with van der Waals surface area (Å²) in [6, 6.07) is 1.17. The third-order valence-electron chi connectivity index (χ3n) is 2.48. The molecule has 108 valence electrons. The van der Waals surface area contributed by atoms with Gasteiger partial charge in [0, 0.05) is 17.6 Å². The highest BCUT2D eigenvalue weighted by Gasteiger charge is 2.21. The minimum atomic E-state index is -3.72. The zero-order valence-corrected chi connectivity index (χ0v) is 12.1. The summed E-state index contributed by atoms with van der Waals surface area (Å²) in [5.74, 6) is -1.14. The van der Waals surface area contributed by atoms with Crippen molar-refractivity contribution in [3.05, 3.63) is 28.2 Å². The zero-order valence-electron chi connectivity index (χ0n) is 10.5. The van der Waals surface area contributed by atoms with Crippen LogP contribution in [0.4, 0.5) is 0 Å². The lowest BCUT2D eigenvalue weighted by Crippen LogP contribution is -2.27. The van der Waals surface area contributed by atoms with Crippen molar-refractivity contribution in [2.45, 2.75) is 18.4 Å². The predicted molar refractivity (Wildman–Crippen MR) is 71.2 cm³/mol. The van der Waals surface area contributed by atoms with Crippen LogP contribution in [0.3, 0.4) is 0 Å². The van der Waals surface area contributed by atoms with E-state index in [0.29, 0.717) is 11.4 Å². The first kappa shape index (κ1) is 14.6. The van der Waals surface area contributed by atoms with Crippen LogP contribution in [0.25, 0.3) is 0 Å². The Morgan fingerprint density at radius 3 is 2.85 bits per heavy atom. The SMILES string of the molecule is Cc1sc(C(=O)O)cc1S(=O)(=O)NCCn1ccnn1. The average Bonchev–Trinajstić information content (AvgIpc) is 2.98. The van der Waals surface area contributed by atoms with Crippen LogP contribution in [0.5, 0.6) is 0 Å². The Morgan fingerprint density at radius 2 is 2.30 bits per heavy atom. The second-order valence-corrected chi connectivity index (χ2v) is 6.89. The van der Waals surface area contributed by atoms with Crippen LogP contribution in [0.1, 0.15) is 14.5 Å². The summed E-state index contributed by atoms with van der Waals surface area (Å²) < 4.78 is 28.0. The summed E-state index contributed by atoms with van der Waals surface area (Å²) >= 11 is 0.934. The van der Waals surface area contributed by atoms with Crippen molar-refractivity contribution in [1.29, 1.82) is 0 Å². The van der Waals surface area contributed by atoms with Gasteiger partial charge in [-0.3, -0.25) is 4.68 Å². The van der Waals surface area contributed by atoms with Gasteiger partial charge in [-0.1, -0.05) is 5.21 Å². The molecule has 2 heterocycles. The number of nitrogens with zero attached hydrogens (tertiary/aromatic N) is 3. The van der Waals surface area contributed by atoms with Gasteiger partial charge >= 0.3 is 5.97 Å². The van der Waals surface area contributed by atoms with Crippen molar-refractivity contribution >= 4 is 27.3 Å². The Labute approximate surface area is 119 Å². The minimum absolute atomic E-state index is 0.000786. The summed E-state index contributed by atoms with van der Waals surface area (Å²) in [5.41, 5.74) is 0. The zero-order chi connectivity index (χ0) is 14.8. The molecule has 0 spiro atoms. The van der Waals surface area contributed by atoms with Crippen molar-refractivity contribution in [3.8, 4) is 0 Å². The van der Waals surface area contributed by atoms with Crippen LogP contribution in [-0.4, -0.2) is 41.0 Å². The molecule has 10 heteroatoms. The standard InChI is InChI=1S/C10H12N4O4S2/c1-7-9(6-8(19-7)10(15)16)20(17,18)12-3-5-14-4-2-11-13-14/h2,4,6,12H,3,5H2,1H3,(H,15,16). The van der Waals surface area contributed by atoms with Gasteiger partial charge in [-0.05, 0) is 13.0 Å². The van der Waals surface area contributed by atoms with Crippen LogP contribution >= 0.6 is 11.3 Å². The third-order valence-corrected chi connectivity index (χ3v) is 5.23. The van der Waals surface area contributed by atoms with Crippen molar-refractivity contribution < 1.29 is 18.3 Å². The minimum Gasteiger partial charge on any atom is -0.477 e. The van der Waals surface area contributed by atoms with Gasteiger partial charge in [0.05, 0.1) is 17.6 Å². The normalized spacial score (nSPS) is 11.7. The fraction of sp³-hybridized carbons (Fsp3) is 0.300. The molecule has 0 fully saturated rings. The lowest BCUT2D eigenvalue weighted by atomic mass is 10.4. The van der Waals surface area contributed by atoms with Gasteiger partial charge in [-0.2, -0.15) is 0 Å². The molecule has 0 saturated carbocycles. The largest absolute Gasteiger partial charge is 0.477 e. The van der Waals surface area contributed by atoms with E-state index in [9.17, 15) is 13.2 Å². The molecule has 0 aliphatic carbocycles. The first-order valence-electron chi connectivity index (χ1n) is 5.57. The monoisotopic (exact) mass is 316 g/mol. The summed E-state index contributed by atoms with van der Waals surface area (Å²) in [6.45, 7) is 2.06. The van der Waals surface area contributed by atoms with E-state index in [-0.39, 0.29) is 16.3 Å². The van der Waals surface area contributed by atoms with Gasteiger partial charge in [0.1, 0.15) is 4.88 Å². The molecule has 0 unspecified atom stereocenters. The number of aromatic nitrogens is 3. The lowest BCUT2D eigenvalue weighted by Gasteiger charge is -2.05. The van der Waals surface area contributed by atoms with Gasteiger partial charge in [-0.15, -0.1) is 16.4 Å². The summed E-state index contributed by atoms with van der Waals surface area (Å²) in [7, 11) is -3.72. The van der Waals surface area contributed by atoms with E-state index in [0.717, 1.165) is 11.3 Å². The maximum absolute atomic E-state index is 12.1. The number of aryl methyl sites for hydroxylation is 1. The highest BCUT2D eigenvalue weighted by molar-refractivity contribution is 7.89. The molecule has 0 saturated heterocycles. The Hall–Kier alpha value is -1.78. The van der Waals surface area contributed by atoms with Crippen LogP contribution < -0.4 is 4.72 Å². The van der Waals surface area contributed by atoms with Crippen LogP contribution in [-0.2, 0) is 16.6 Å². The van der Waals surface area contributed by atoms with Crippen LogP contribution in [0.2, 0.25) is 0 Å². The van der Waals surface area contributed by atoms with E-state index >= 15 is 0 Å². The number of carbonyl (C=O) groups is 1. The number of hydrogen-bond acceptors (Lipinski definition) is 6. The fourth-order valence-electron chi connectivity index (χ4n) is 1.56. The van der Waals surface area contributed by atoms with Crippen molar-refractivity contribution in [3.63, 3.8) is 0 Å². The first-order chi connectivity index (χ1) is 9.40. The Balaban J connectivity index is 2.08. The Kier molecular flexibility index (Phi) is 4.16. The molecule has 2 aromatic heterocycles. The number of nitrogens with one attached hydrogen (secondary N) is 1. The molecule has 2 aromatic rings. The van der Waals surface area contributed by atoms with E-state index < -0.39 is 16.0 Å². The molecular formula is C10H12N4O4S2. The van der Waals surface area contributed by atoms with Crippen LogP contribution in [0, 0.1) is 6.92 Å². The molecular weight excluding hydrogens is 304 g/mol. The molecule has 0 atom stereocenters. The van der Waals surface area contributed by atoms with Gasteiger partial charge in [0.2, 0.25) is 10.0 Å². The van der Waals surface area contributed by atoms with E-state index in [1.807, 2.05) is 0 Å². The highest BCUT2D eigenvalue weighted by Crippen LogP contribution is 2.25. The summed E-state index contributed by atoms with van der Waals surface area (Å²) in [4.78, 5) is 11.3. The molecule has 0 amide bonds. The number of rotatable bonds is 6. The molecule has 0 aliphatic rings. The summed E-state index contributed by atoms with van der Waals surface area (Å²) in [6.07, 6.45) is 3.11. The second kappa shape index (κ2) is 5.69. The molecule has 8 nitrogen and oxygen atoms in total. The number of aromatic carboxylic acids is 1. The van der Waals surface area contributed by atoms with Crippen molar-refractivity contribution in [2.24, 2.45) is 0 Å². The highest BCUT2D eigenvalue weighted by atomic mass is 32.2.